The third-order valence-electron chi connectivity index (χ3n) is 6.10. The van der Waals surface area contributed by atoms with Gasteiger partial charge in [0, 0.05) is 22.5 Å². The maximum Gasteiger partial charge on any atom is 0.281 e. The number of benzene rings is 2. The van der Waals surface area contributed by atoms with Gasteiger partial charge in [-0.25, -0.2) is 0 Å². The third-order valence-corrected chi connectivity index (χ3v) is 6.10. The van der Waals surface area contributed by atoms with Crippen LogP contribution in [0.2, 0.25) is 0 Å². The standard InChI is InChI=1S/C26H28N4O2/c1-6-23(25(31)28-22-14-16(2)12-13-17(22)3)29-18(4)21-15-27-30(20-10-8-7-9-11-20)26(32)24(21)19(29)5/h7-15,23H,6H2,1-5H3,(H,28,31)/t23-/m1/s1. The molecule has 2 heterocycles. The minimum atomic E-state index is -0.438. The van der Waals surface area contributed by atoms with Crippen molar-refractivity contribution in [3.05, 3.63) is 87.6 Å². The molecule has 1 atom stereocenters. The van der Waals surface area contributed by atoms with Crippen LogP contribution in [0, 0.1) is 27.7 Å². The second-order valence-corrected chi connectivity index (χ2v) is 8.26. The predicted molar refractivity (Wildman–Crippen MR) is 129 cm³/mol. The van der Waals surface area contributed by atoms with Crippen LogP contribution in [0.3, 0.4) is 0 Å². The summed E-state index contributed by atoms with van der Waals surface area (Å²) < 4.78 is 3.39. The Morgan fingerprint density at radius 2 is 1.75 bits per heavy atom. The number of aryl methyl sites for hydroxylation is 4. The minimum absolute atomic E-state index is 0.0935. The van der Waals surface area contributed by atoms with Crippen molar-refractivity contribution in [1.82, 2.24) is 14.3 Å². The van der Waals surface area contributed by atoms with Gasteiger partial charge in [-0.1, -0.05) is 37.3 Å². The summed E-state index contributed by atoms with van der Waals surface area (Å²) in [6, 6.07) is 14.9. The van der Waals surface area contributed by atoms with Gasteiger partial charge in [0.05, 0.1) is 17.3 Å². The number of nitrogens with one attached hydrogen (secondary N) is 1. The zero-order chi connectivity index (χ0) is 23.0. The quantitative estimate of drug-likeness (QED) is 0.486. The van der Waals surface area contributed by atoms with Crippen LogP contribution < -0.4 is 10.9 Å². The van der Waals surface area contributed by atoms with Crippen molar-refractivity contribution in [2.75, 3.05) is 5.32 Å². The Morgan fingerprint density at radius 1 is 1.03 bits per heavy atom. The van der Waals surface area contributed by atoms with Crippen LogP contribution >= 0.6 is 0 Å². The highest BCUT2D eigenvalue weighted by molar-refractivity contribution is 5.96. The van der Waals surface area contributed by atoms with Crippen molar-refractivity contribution < 1.29 is 4.79 Å². The summed E-state index contributed by atoms with van der Waals surface area (Å²) in [6.45, 7) is 9.81. The fourth-order valence-electron chi connectivity index (χ4n) is 4.37. The Hall–Kier alpha value is -3.67. The number of para-hydroxylation sites is 1. The SMILES string of the molecule is CC[C@H](C(=O)Nc1cc(C)ccc1C)n1c(C)c2cnn(-c3ccccc3)c(=O)c2c1C. The highest BCUT2D eigenvalue weighted by Gasteiger charge is 2.26. The number of rotatable bonds is 5. The van der Waals surface area contributed by atoms with Crippen LogP contribution in [0.1, 0.15) is 41.9 Å². The summed E-state index contributed by atoms with van der Waals surface area (Å²) in [6.07, 6.45) is 2.32. The monoisotopic (exact) mass is 428 g/mol. The van der Waals surface area contributed by atoms with Crippen molar-refractivity contribution in [3.8, 4) is 5.69 Å². The van der Waals surface area contributed by atoms with E-state index in [1.807, 2.05) is 87.7 Å². The summed E-state index contributed by atoms with van der Waals surface area (Å²) in [5.41, 5.74) is 5.09. The lowest BCUT2D eigenvalue weighted by atomic mass is 10.1. The first-order valence-electron chi connectivity index (χ1n) is 10.9. The van der Waals surface area contributed by atoms with Crippen LogP contribution in [-0.4, -0.2) is 20.3 Å². The molecule has 6 nitrogen and oxygen atoms in total. The Kier molecular flexibility index (Phi) is 5.70. The summed E-state index contributed by atoms with van der Waals surface area (Å²) in [5, 5.41) is 8.87. The van der Waals surface area contributed by atoms with Gasteiger partial charge in [-0.15, -0.1) is 0 Å². The smallest absolute Gasteiger partial charge is 0.281 e. The molecule has 4 aromatic rings. The Bertz CT molecular complexity index is 1370. The van der Waals surface area contributed by atoms with Gasteiger partial charge in [-0.05, 0) is 63.4 Å². The molecule has 0 aliphatic rings. The number of carbonyl (C=O) groups is 1. The van der Waals surface area contributed by atoms with Gasteiger partial charge < -0.3 is 9.88 Å². The number of anilines is 1. The van der Waals surface area contributed by atoms with Crippen LogP contribution in [-0.2, 0) is 4.79 Å². The Morgan fingerprint density at radius 3 is 2.44 bits per heavy atom. The fourth-order valence-corrected chi connectivity index (χ4v) is 4.37. The van der Waals surface area contributed by atoms with E-state index in [1.165, 1.54) is 4.68 Å². The molecule has 0 saturated heterocycles. The first kappa shape index (κ1) is 21.6. The van der Waals surface area contributed by atoms with Crippen molar-refractivity contribution in [2.24, 2.45) is 0 Å². The highest BCUT2D eigenvalue weighted by atomic mass is 16.2. The number of amides is 1. The second-order valence-electron chi connectivity index (χ2n) is 8.26. The summed E-state index contributed by atoms with van der Waals surface area (Å²) in [4.78, 5) is 26.7. The van der Waals surface area contributed by atoms with Gasteiger partial charge in [0.1, 0.15) is 6.04 Å². The molecular formula is C26H28N4O2. The van der Waals surface area contributed by atoms with Gasteiger partial charge in [0.2, 0.25) is 5.91 Å². The summed E-state index contributed by atoms with van der Waals surface area (Å²) in [7, 11) is 0. The van der Waals surface area contributed by atoms with Crippen LogP contribution in [0.15, 0.2) is 59.5 Å². The molecule has 32 heavy (non-hydrogen) atoms. The molecule has 1 amide bonds. The zero-order valence-corrected chi connectivity index (χ0v) is 19.1. The van der Waals surface area contributed by atoms with Crippen LogP contribution in [0.5, 0.6) is 0 Å². The number of hydrogen-bond donors (Lipinski definition) is 1. The zero-order valence-electron chi connectivity index (χ0n) is 19.1. The minimum Gasteiger partial charge on any atom is -0.335 e. The van der Waals surface area contributed by atoms with E-state index in [0.29, 0.717) is 17.5 Å². The number of aromatic nitrogens is 3. The fraction of sp³-hybridized carbons (Fsp3) is 0.269. The molecule has 0 unspecified atom stereocenters. The maximum absolute atomic E-state index is 13.4. The van der Waals surface area contributed by atoms with Crippen molar-refractivity contribution in [3.63, 3.8) is 0 Å². The summed E-state index contributed by atoms with van der Waals surface area (Å²) >= 11 is 0. The predicted octanol–water partition coefficient (Wildman–Crippen LogP) is 5.01. The van der Waals surface area contributed by atoms with E-state index < -0.39 is 6.04 Å². The van der Waals surface area contributed by atoms with E-state index >= 15 is 0 Å². The van der Waals surface area contributed by atoms with Gasteiger partial charge >= 0.3 is 0 Å². The molecule has 4 rings (SSSR count). The average Bonchev–Trinajstić information content (AvgIpc) is 3.03. The lowest BCUT2D eigenvalue weighted by molar-refractivity contribution is -0.119. The van der Waals surface area contributed by atoms with E-state index in [-0.39, 0.29) is 11.5 Å². The van der Waals surface area contributed by atoms with E-state index in [1.54, 1.807) is 6.20 Å². The number of fused-ring (bicyclic) bond motifs is 1. The third kappa shape index (κ3) is 3.62. The molecule has 2 aromatic heterocycles. The Balaban J connectivity index is 1.80. The molecule has 6 heteroatoms. The van der Waals surface area contributed by atoms with Crippen LogP contribution in [0.25, 0.3) is 16.5 Å². The molecule has 0 bridgehead atoms. The summed E-state index contributed by atoms with van der Waals surface area (Å²) in [5.74, 6) is -0.0935. The van der Waals surface area contributed by atoms with Gasteiger partial charge in [-0.2, -0.15) is 9.78 Å². The number of carbonyl (C=O) groups excluding carboxylic acids is 1. The molecule has 0 saturated carbocycles. The van der Waals surface area contributed by atoms with Crippen molar-refractivity contribution in [1.29, 1.82) is 0 Å². The van der Waals surface area contributed by atoms with Crippen molar-refractivity contribution in [2.45, 2.75) is 47.1 Å². The first-order chi connectivity index (χ1) is 15.3. The molecule has 164 valence electrons. The largest absolute Gasteiger partial charge is 0.335 e. The van der Waals surface area contributed by atoms with E-state index in [4.69, 9.17) is 0 Å². The highest BCUT2D eigenvalue weighted by Crippen LogP contribution is 2.29. The van der Waals surface area contributed by atoms with Gasteiger partial charge in [0.25, 0.3) is 5.56 Å². The van der Waals surface area contributed by atoms with E-state index in [2.05, 4.69) is 10.4 Å². The van der Waals surface area contributed by atoms with Gasteiger partial charge in [-0.3, -0.25) is 9.59 Å². The van der Waals surface area contributed by atoms with Gasteiger partial charge in [0.15, 0.2) is 0 Å². The van der Waals surface area contributed by atoms with Crippen LogP contribution in [0.4, 0.5) is 5.69 Å². The first-order valence-corrected chi connectivity index (χ1v) is 10.9. The van der Waals surface area contributed by atoms with Crippen molar-refractivity contribution >= 4 is 22.4 Å². The molecule has 0 aliphatic heterocycles. The molecule has 0 fully saturated rings. The lowest BCUT2D eigenvalue weighted by Gasteiger charge is -2.21. The molecule has 1 N–H and O–H groups in total. The second kappa shape index (κ2) is 8.46. The molecular weight excluding hydrogens is 400 g/mol. The lowest BCUT2D eigenvalue weighted by Crippen LogP contribution is -2.27. The maximum atomic E-state index is 13.4. The average molecular weight is 429 g/mol. The number of hydrogen-bond acceptors (Lipinski definition) is 3. The molecule has 2 aromatic carbocycles. The number of nitrogens with zero attached hydrogens (tertiary/aromatic N) is 3. The van der Waals surface area contributed by atoms with E-state index in [0.717, 1.165) is 33.6 Å². The topological polar surface area (TPSA) is 68.9 Å². The Labute approximate surface area is 187 Å². The molecule has 0 aliphatic carbocycles. The molecule has 0 radical (unpaired) electrons. The normalized spacial score (nSPS) is 12.2. The molecule has 0 spiro atoms. The van der Waals surface area contributed by atoms with E-state index in [9.17, 15) is 9.59 Å².